The zero-order valence-electron chi connectivity index (χ0n) is 10.3. The molecule has 1 aromatic carbocycles. The third-order valence-corrected chi connectivity index (χ3v) is 2.81. The highest BCUT2D eigenvalue weighted by atomic mass is 19.4. The zero-order valence-corrected chi connectivity index (χ0v) is 10.3. The fraction of sp³-hybridized carbons (Fsp3) is 0.462. The molecular formula is C13H16F3NO. The molecule has 0 aliphatic heterocycles. The van der Waals surface area contributed by atoms with Crippen molar-refractivity contribution in [2.45, 2.75) is 32.0 Å². The Bertz CT molecular complexity index is 398. The first-order valence-electron chi connectivity index (χ1n) is 5.74. The van der Waals surface area contributed by atoms with E-state index in [0.29, 0.717) is 18.4 Å². The number of carbonyl (C=O) groups is 1. The van der Waals surface area contributed by atoms with Gasteiger partial charge in [-0.1, -0.05) is 19.1 Å². The summed E-state index contributed by atoms with van der Waals surface area (Å²) in [5.74, 6) is 0.0531. The lowest BCUT2D eigenvalue weighted by molar-refractivity contribution is -0.137. The van der Waals surface area contributed by atoms with Crippen molar-refractivity contribution in [1.82, 2.24) is 5.32 Å². The van der Waals surface area contributed by atoms with E-state index >= 15 is 0 Å². The maximum Gasteiger partial charge on any atom is 0.416 e. The van der Waals surface area contributed by atoms with Crippen molar-refractivity contribution < 1.29 is 18.0 Å². The van der Waals surface area contributed by atoms with Crippen LogP contribution in [0, 0.1) is 0 Å². The minimum atomic E-state index is -4.32. The summed E-state index contributed by atoms with van der Waals surface area (Å²) in [7, 11) is 1.67. The van der Waals surface area contributed by atoms with Crippen LogP contribution in [0.5, 0.6) is 0 Å². The van der Waals surface area contributed by atoms with E-state index in [9.17, 15) is 18.0 Å². The highest BCUT2D eigenvalue weighted by Gasteiger charge is 2.30. The number of rotatable bonds is 5. The lowest BCUT2D eigenvalue weighted by atomic mass is 10.00. The van der Waals surface area contributed by atoms with Crippen LogP contribution in [0.1, 0.15) is 24.5 Å². The number of nitrogens with one attached hydrogen (secondary N) is 1. The number of hydrogen-bond acceptors (Lipinski definition) is 2. The van der Waals surface area contributed by atoms with Crippen molar-refractivity contribution in [1.29, 1.82) is 0 Å². The van der Waals surface area contributed by atoms with Crippen LogP contribution >= 0.6 is 0 Å². The molecule has 1 N–H and O–H groups in total. The van der Waals surface area contributed by atoms with Gasteiger partial charge < -0.3 is 5.32 Å². The smallest absolute Gasteiger partial charge is 0.310 e. The molecule has 0 aliphatic carbocycles. The van der Waals surface area contributed by atoms with Crippen LogP contribution in [0.2, 0.25) is 0 Å². The molecule has 1 atom stereocenters. The lowest BCUT2D eigenvalue weighted by Gasteiger charge is -2.14. The van der Waals surface area contributed by atoms with E-state index in [-0.39, 0.29) is 11.8 Å². The quantitative estimate of drug-likeness (QED) is 0.881. The second kappa shape index (κ2) is 6.00. The van der Waals surface area contributed by atoms with Gasteiger partial charge in [-0.3, -0.25) is 4.79 Å². The second-order valence-corrected chi connectivity index (χ2v) is 4.06. The van der Waals surface area contributed by atoms with Gasteiger partial charge in [0.25, 0.3) is 0 Å². The van der Waals surface area contributed by atoms with Crippen LogP contribution in [-0.2, 0) is 17.4 Å². The van der Waals surface area contributed by atoms with Gasteiger partial charge in [0.2, 0.25) is 0 Å². The number of likely N-dealkylation sites (N-methyl/N-ethyl adjacent to an activating group) is 1. The molecule has 0 saturated heterocycles. The molecular weight excluding hydrogens is 243 g/mol. The van der Waals surface area contributed by atoms with Crippen LogP contribution in [0.4, 0.5) is 13.2 Å². The van der Waals surface area contributed by atoms with E-state index in [1.165, 1.54) is 12.1 Å². The number of ketones is 1. The Balaban J connectivity index is 2.77. The molecule has 0 fully saturated rings. The van der Waals surface area contributed by atoms with Crippen molar-refractivity contribution in [2.24, 2.45) is 0 Å². The van der Waals surface area contributed by atoms with Gasteiger partial charge in [0.05, 0.1) is 11.6 Å². The molecule has 18 heavy (non-hydrogen) atoms. The van der Waals surface area contributed by atoms with Gasteiger partial charge >= 0.3 is 6.18 Å². The third kappa shape index (κ3) is 3.84. The summed E-state index contributed by atoms with van der Waals surface area (Å²) >= 11 is 0. The van der Waals surface area contributed by atoms with Crippen LogP contribution in [-0.4, -0.2) is 18.9 Å². The highest BCUT2D eigenvalue weighted by Crippen LogP contribution is 2.29. The molecule has 0 spiro atoms. The summed E-state index contributed by atoms with van der Waals surface area (Å²) in [6.07, 6.45) is -3.51. The van der Waals surface area contributed by atoms with Crippen molar-refractivity contribution in [3.8, 4) is 0 Å². The molecule has 0 heterocycles. The summed E-state index contributed by atoms with van der Waals surface area (Å²) in [5.41, 5.74) is 0.0400. The standard InChI is InChI=1S/C13H16F3NO/c1-3-12(18)11(17-2)8-9-4-6-10(7-5-9)13(14,15)16/h4-7,11,17H,3,8H2,1-2H3. The minimum absolute atomic E-state index is 0.0531. The number of alkyl halides is 3. The topological polar surface area (TPSA) is 29.1 Å². The van der Waals surface area contributed by atoms with Gasteiger partial charge in [-0.2, -0.15) is 13.2 Å². The first-order chi connectivity index (χ1) is 8.38. The van der Waals surface area contributed by atoms with Crippen molar-refractivity contribution in [3.05, 3.63) is 35.4 Å². The average Bonchev–Trinajstić information content (AvgIpc) is 2.34. The van der Waals surface area contributed by atoms with Gasteiger partial charge in [0.1, 0.15) is 5.78 Å². The number of Topliss-reactive ketones (excluding diaryl/α,β-unsaturated/α-hetero) is 1. The maximum absolute atomic E-state index is 12.4. The fourth-order valence-corrected chi connectivity index (χ4v) is 1.69. The largest absolute Gasteiger partial charge is 0.416 e. The minimum Gasteiger partial charge on any atom is -0.310 e. The Morgan fingerprint density at radius 2 is 1.83 bits per heavy atom. The normalized spacial score (nSPS) is 13.4. The summed E-state index contributed by atoms with van der Waals surface area (Å²) < 4.78 is 37.1. The average molecular weight is 259 g/mol. The van der Waals surface area contributed by atoms with E-state index in [1.54, 1.807) is 14.0 Å². The first-order valence-corrected chi connectivity index (χ1v) is 5.74. The van der Waals surface area contributed by atoms with Gasteiger partial charge in [-0.15, -0.1) is 0 Å². The fourth-order valence-electron chi connectivity index (χ4n) is 1.69. The van der Waals surface area contributed by atoms with Gasteiger partial charge in [0.15, 0.2) is 0 Å². The SMILES string of the molecule is CCC(=O)C(Cc1ccc(C(F)(F)F)cc1)NC. The van der Waals surface area contributed by atoms with E-state index in [1.807, 2.05) is 0 Å². The van der Waals surface area contributed by atoms with E-state index < -0.39 is 11.7 Å². The zero-order chi connectivity index (χ0) is 13.8. The molecule has 1 rings (SSSR count). The molecule has 0 bridgehead atoms. The first kappa shape index (κ1) is 14.7. The molecule has 0 radical (unpaired) electrons. The third-order valence-electron chi connectivity index (χ3n) is 2.81. The van der Waals surface area contributed by atoms with E-state index in [0.717, 1.165) is 12.1 Å². The van der Waals surface area contributed by atoms with Crippen LogP contribution in [0.3, 0.4) is 0 Å². The highest BCUT2D eigenvalue weighted by molar-refractivity contribution is 5.83. The van der Waals surface area contributed by atoms with Crippen LogP contribution < -0.4 is 5.32 Å². The molecule has 1 aromatic rings. The number of benzene rings is 1. The van der Waals surface area contributed by atoms with Crippen LogP contribution in [0.15, 0.2) is 24.3 Å². The Kier molecular flexibility index (Phi) is 4.90. The Hall–Kier alpha value is -1.36. The van der Waals surface area contributed by atoms with Gasteiger partial charge in [-0.05, 0) is 31.2 Å². The molecule has 5 heteroatoms. The molecule has 100 valence electrons. The summed E-state index contributed by atoms with van der Waals surface area (Å²) in [4.78, 5) is 11.5. The van der Waals surface area contributed by atoms with Crippen LogP contribution in [0.25, 0.3) is 0 Å². The van der Waals surface area contributed by atoms with E-state index in [2.05, 4.69) is 5.32 Å². The Labute approximate surface area is 104 Å². The van der Waals surface area contributed by atoms with Crippen molar-refractivity contribution in [2.75, 3.05) is 7.05 Å². The summed E-state index contributed by atoms with van der Waals surface area (Å²) in [6, 6.07) is 4.56. The Morgan fingerprint density at radius 1 is 1.28 bits per heavy atom. The molecule has 2 nitrogen and oxygen atoms in total. The number of carbonyl (C=O) groups excluding carboxylic acids is 1. The lowest BCUT2D eigenvalue weighted by Crippen LogP contribution is -2.35. The van der Waals surface area contributed by atoms with E-state index in [4.69, 9.17) is 0 Å². The predicted molar refractivity (Wildman–Crippen MR) is 63.3 cm³/mol. The predicted octanol–water partition coefficient (Wildman–Crippen LogP) is 2.82. The van der Waals surface area contributed by atoms with Crippen molar-refractivity contribution in [3.63, 3.8) is 0 Å². The molecule has 0 aliphatic rings. The number of hydrogen-bond donors (Lipinski definition) is 1. The van der Waals surface area contributed by atoms with Gasteiger partial charge in [-0.25, -0.2) is 0 Å². The molecule has 0 aromatic heterocycles. The van der Waals surface area contributed by atoms with Crippen molar-refractivity contribution >= 4 is 5.78 Å². The summed E-state index contributed by atoms with van der Waals surface area (Å²) in [5, 5.41) is 2.87. The van der Waals surface area contributed by atoms with Gasteiger partial charge in [0, 0.05) is 6.42 Å². The molecule has 1 unspecified atom stereocenters. The summed E-state index contributed by atoms with van der Waals surface area (Å²) in [6.45, 7) is 1.76. The molecule has 0 amide bonds. The Morgan fingerprint density at radius 3 is 2.22 bits per heavy atom. The monoisotopic (exact) mass is 259 g/mol. The number of halogens is 3. The molecule has 0 saturated carbocycles. The maximum atomic E-state index is 12.4. The second-order valence-electron chi connectivity index (χ2n) is 4.06.